The largest absolute Gasteiger partial charge is 0.346 e. The zero-order valence-electron chi connectivity index (χ0n) is 39.1. The molecule has 334 valence electrons. The van der Waals surface area contributed by atoms with Crippen molar-refractivity contribution in [3.05, 3.63) is 270 Å². The van der Waals surface area contributed by atoms with Gasteiger partial charge in [-0.2, -0.15) is 0 Å². The molecule has 0 fully saturated rings. The molecule has 4 nitrogen and oxygen atoms in total. The monoisotopic (exact) mass is 898 g/mol. The molecule has 70 heavy (non-hydrogen) atoms. The van der Waals surface area contributed by atoms with Crippen LogP contribution in [0.3, 0.4) is 0 Å². The molecule has 2 unspecified atom stereocenters. The van der Waals surface area contributed by atoms with Crippen molar-refractivity contribution in [3.63, 3.8) is 0 Å². The van der Waals surface area contributed by atoms with E-state index in [9.17, 15) is 0 Å². The van der Waals surface area contributed by atoms with Gasteiger partial charge in [0.2, 0.25) is 6.29 Å². The molecule has 1 aliphatic heterocycles. The van der Waals surface area contributed by atoms with Crippen LogP contribution in [0.25, 0.3) is 72.4 Å². The van der Waals surface area contributed by atoms with Gasteiger partial charge in [-0.15, -0.1) is 0 Å². The third-order valence-electron chi connectivity index (χ3n) is 15.8. The molecule has 2 atom stereocenters. The summed E-state index contributed by atoms with van der Waals surface area (Å²) in [6, 6.07) is 73.6. The van der Waals surface area contributed by atoms with Gasteiger partial charge < -0.3 is 14.5 Å². The smallest absolute Gasteiger partial charge is 0.201 e. The van der Waals surface area contributed by atoms with E-state index >= 15 is 0 Å². The van der Waals surface area contributed by atoms with E-state index in [1.807, 2.05) is 0 Å². The van der Waals surface area contributed by atoms with Gasteiger partial charge in [0.25, 0.3) is 0 Å². The van der Waals surface area contributed by atoms with Crippen LogP contribution in [0.4, 0.5) is 0 Å². The molecule has 0 amide bonds. The fourth-order valence-corrected chi connectivity index (χ4v) is 12.8. The number of aromatic nitrogens is 2. The first-order valence-electron chi connectivity index (χ1n) is 24.8. The van der Waals surface area contributed by atoms with Crippen LogP contribution in [-0.4, -0.2) is 14.8 Å². The molecular weight excluding hydrogens is 849 g/mol. The molecule has 4 aliphatic rings. The summed E-state index contributed by atoms with van der Waals surface area (Å²) in [5, 5.41) is 7.84. The van der Waals surface area contributed by atoms with Crippen LogP contribution in [0.1, 0.15) is 65.1 Å². The number of para-hydroxylation sites is 1. The van der Waals surface area contributed by atoms with Gasteiger partial charge in [0.05, 0.1) is 27.7 Å². The molecule has 0 radical (unpaired) electrons. The summed E-state index contributed by atoms with van der Waals surface area (Å²) in [4.78, 5) is 5.83. The fraction of sp³-hybridized carbons (Fsp3) is 0.106. The van der Waals surface area contributed by atoms with Gasteiger partial charge >= 0.3 is 0 Å². The summed E-state index contributed by atoms with van der Waals surface area (Å²) < 4.78 is 5.11. The first-order valence-corrected chi connectivity index (χ1v) is 24.8. The Morgan fingerprint density at radius 3 is 1.97 bits per heavy atom. The molecule has 3 heterocycles. The van der Waals surface area contributed by atoms with Gasteiger partial charge in [-0.05, 0) is 94.1 Å². The summed E-state index contributed by atoms with van der Waals surface area (Å²) in [6.07, 6.45) is 16.7. The van der Waals surface area contributed by atoms with Crippen molar-refractivity contribution in [1.82, 2.24) is 14.5 Å². The topological polar surface area (TPSA) is 34.2 Å². The summed E-state index contributed by atoms with van der Waals surface area (Å²) in [7, 11) is 0. The lowest BCUT2D eigenvalue weighted by Gasteiger charge is -2.49. The predicted octanol–water partition coefficient (Wildman–Crippen LogP) is 15.8. The Morgan fingerprint density at radius 1 is 0.571 bits per heavy atom. The van der Waals surface area contributed by atoms with E-state index in [-0.39, 0.29) is 0 Å². The maximum absolute atomic E-state index is 5.83. The minimum atomic E-state index is -0.500. The number of aliphatic imine (C=N–C) groups is 1. The zero-order valence-corrected chi connectivity index (χ0v) is 39.1. The van der Waals surface area contributed by atoms with E-state index in [2.05, 4.69) is 258 Å². The van der Waals surface area contributed by atoms with Crippen molar-refractivity contribution < 1.29 is 0 Å². The van der Waals surface area contributed by atoms with Crippen LogP contribution in [0.15, 0.2) is 236 Å². The second-order valence-electron chi connectivity index (χ2n) is 19.6. The highest BCUT2D eigenvalue weighted by Gasteiger charge is 2.56. The predicted molar refractivity (Wildman–Crippen MR) is 292 cm³/mol. The van der Waals surface area contributed by atoms with E-state index in [1.165, 1.54) is 83.1 Å². The Labute approximate surface area is 408 Å². The highest BCUT2D eigenvalue weighted by Crippen LogP contribution is 2.63. The van der Waals surface area contributed by atoms with Crippen LogP contribution < -0.4 is 5.32 Å². The van der Waals surface area contributed by atoms with E-state index in [0.717, 1.165) is 47.3 Å². The van der Waals surface area contributed by atoms with Gasteiger partial charge in [0.1, 0.15) is 0 Å². The van der Waals surface area contributed by atoms with Crippen molar-refractivity contribution in [2.75, 3.05) is 0 Å². The third kappa shape index (κ3) is 5.92. The minimum Gasteiger partial charge on any atom is -0.346 e. The van der Waals surface area contributed by atoms with Gasteiger partial charge in [-0.3, -0.25) is 0 Å². The number of nitrogens with zero attached hydrogens (tertiary/aromatic N) is 3. The lowest BCUT2D eigenvalue weighted by atomic mass is 9.53. The Balaban J connectivity index is 1.07. The zero-order chi connectivity index (χ0) is 46.4. The van der Waals surface area contributed by atoms with Crippen LogP contribution in [0.5, 0.6) is 0 Å². The summed E-state index contributed by atoms with van der Waals surface area (Å²) >= 11 is 0. The molecule has 1 N–H and O–H groups in total. The maximum atomic E-state index is 5.83. The van der Waals surface area contributed by atoms with Gasteiger partial charge in [0, 0.05) is 49.8 Å². The van der Waals surface area contributed by atoms with Crippen molar-refractivity contribution in [2.24, 2.45) is 10.4 Å². The summed E-state index contributed by atoms with van der Waals surface area (Å²) in [5.74, 6) is 0. The normalized spacial score (nSPS) is 18.8. The van der Waals surface area contributed by atoms with Crippen molar-refractivity contribution in [2.45, 2.75) is 37.9 Å². The lowest BCUT2D eigenvalue weighted by Crippen LogP contribution is -2.46. The second kappa shape index (κ2) is 15.8. The Kier molecular flexibility index (Phi) is 9.16. The minimum absolute atomic E-state index is 0.431. The molecule has 3 aliphatic carbocycles. The van der Waals surface area contributed by atoms with Crippen molar-refractivity contribution >= 4 is 55.9 Å². The molecule has 0 saturated carbocycles. The van der Waals surface area contributed by atoms with Gasteiger partial charge in [0.15, 0.2) is 0 Å². The molecule has 2 aromatic heterocycles. The molecule has 10 aromatic rings. The van der Waals surface area contributed by atoms with E-state index in [4.69, 9.17) is 4.99 Å². The summed E-state index contributed by atoms with van der Waals surface area (Å²) in [5.41, 5.74) is 19.6. The van der Waals surface area contributed by atoms with E-state index in [1.54, 1.807) is 0 Å². The SMILES string of the molecule is CC1(C2(c3ccccc3)c3ccccc3-c3ccccc32)C=Cc2c(n(C3N=C(c4cccc(-c5ccccc5)c4)C=C(c4ccccc4)N3)c3ccc4c5ccccc5n(C5=CCCC=C5)c4c23)C1. The maximum Gasteiger partial charge on any atom is 0.201 e. The standard InChI is InChI=1S/C66H50N4/c1-65(66(48-27-10-4-11-28-48)55-34-17-14-31-50(55)51-32-15-18-35-56(51)66)40-39-54-61(43-65)70(60-38-37-53-52-33-16-19-36-59(52)69(63(53)62(54)60)49-29-12-5-13-30-49)64-67-57(45-23-8-3-9-24-45)42-58(68-64)47-26-20-25-46(41-47)44-21-6-2-7-22-44/h2-4,6-12,14-42,64,67H,5,13,43H2,1H3. The number of benzene rings is 8. The highest BCUT2D eigenvalue weighted by molar-refractivity contribution is 6.21. The number of rotatable bonds is 7. The lowest BCUT2D eigenvalue weighted by molar-refractivity contribution is 0.279. The first kappa shape index (κ1) is 40.6. The quantitative estimate of drug-likeness (QED) is 0.170. The van der Waals surface area contributed by atoms with Gasteiger partial charge in [-0.1, -0.05) is 213 Å². The summed E-state index contributed by atoms with van der Waals surface area (Å²) in [6.45, 7) is 2.51. The Hall–Kier alpha value is -8.47. The molecular formula is C66H50N4. The van der Waals surface area contributed by atoms with Crippen LogP contribution >= 0.6 is 0 Å². The third-order valence-corrected chi connectivity index (χ3v) is 15.8. The van der Waals surface area contributed by atoms with Crippen LogP contribution in [0.2, 0.25) is 0 Å². The van der Waals surface area contributed by atoms with Crippen LogP contribution in [0, 0.1) is 5.41 Å². The molecule has 8 aromatic carbocycles. The average molecular weight is 899 g/mol. The van der Waals surface area contributed by atoms with Crippen LogP contribution in [-0.2, 0) is 11.8 Å². The second-order valence-corrected chi connectivity index (χ2v) is 19.6. The Bertz CT molecular complexity index is 3850. The molecule has 0 spiro atoms. The number of allylic oxidation sites excluding steroid dienone is 6. The highest BCUT2D eigenvalue weighted by atomic mass is 15.3. The first-order chi connectivity index (χ1) is 34.6. The molecule has 4 heteroatoms. The van der Waals surface area contributed by atoms with Gasteiger partial charge in [-0.25, -0.2) is 4.99 Å². The number of hydrogen-bond donors (Lipinski definition) is 1. The number of nitrogens with one attached hydrogen (secondary N) is 1. The van der Waals surface area contributed by atoms with Crippen molar-refractivity contribution in [1.29, 1.82) is 0 Å². The van der Waals surface area contributed by atoms with E-state index in [0.29, 0.717) is 0 Å². The Morgan fingerprint density at radius 2 is 1.23 bits per heavy atom. The fourth-order valence-electron chi connectivity index (χ4n) is 12.8. The molecule has 0 saturated heterocycles. The number of fused-ring (bicyclic) bond motifs is 10. The molecule has 14 rings (SSSR count). The molecule has 0 bridgehead atoms. The van der Waals surface area contributed by atoms with E-state index < -0.39 is 17.1 Å². The number of hydrogen-bond acceptors (Lipinski definition) is 2. The van der Waals surface area contributed by atoms with Crippen molar-refractivity contribution in [3.8, 4) is 22.3 Å². The average Bonchev–Trinajstić information content (AvgIpc) is 4.06.